The molecule has 0 saturated heterocycles. The van der Waals surface area contributed by atoms with E-state index >= 15 is 0 Å². The lowest BCUT2D eigenvalue weighted by molar-refractivity contribution is 0.0319. The summed E-state index contributed by atoms with van der Waals surface area (Å²) in [6.45, 7) is 4.46. The van der Waals surface area contributed by atoms with Gasteiger partial charge >= 0.3 is 0 Å². The summed E-state index contributed by atoms with van der Waals surface area (Å²) >= 11 is 0. The van der Waals surface area contributed by atoms with Crippen molar-refractivity contribution in [1.29, 1.82) is 0 Å². The van der Waals surface area contributed by atoms with Gasteiger partial charge in [-0.1, -0.05) is 6.92 Å². The molecule has 18 heavy (non-hydrogen) atoms. The van der Waals surface area contributed by atoms with Crippen molar-refractivity contribution < 1.29 is 13.5 Å². The molecule has 0 aliphatic rings. The van der Waals surface area contributed by atoms with Gasteiger partial charge in [-0.15, -0.1) is 0 Å². The lowest BCUT2D eigenvalue weighted by Gasteiger charge is -2.25. The van der Waals surface area contributed by atoms with Gasteiger partial charge in [-0.05, 0) is 37.5 Å². The van der Waals surface area contributed by atoms with E-state index in [0.717, 1.165) is 12.5 Å². The molecule has 102 valence electrons. The molecular weight excluding hydrogens is 238 g/mol. The second-order valence-corrected chi connectivity index (χ2v) is 4.16. The second-order valence-electron chi connectivity index (χ2n) is 4.16. The van der Waals surface area contributed by atoms with Crippen molar-refractivity contribution >= 4 is 0 Å². The molecular formula is C13H20F2N2O. The number of hydrazine groups is 1. The molecule has 2 atom stereocenters. The van der Waals surface area contributed by atoms with Gasteiger partial charge in [0, 0.05) is 12.7 Å². The molecule has 0 fully saturated rings. The zero-order valence-corrected chi connectivity index (χ0v) is 10.7. The van der Waals surface area contributed by atoms with E-state index in [9.17, 15) is 8.78 Å². The molecule has 0 heterocycles. The number of hydrogen-bond donors (Lipinski definition) is 2. The molecule has 0 amide bonds. The molecule has 5 heteroatoms. The quantitative estimate of drug-likeness (QED) is 0.582. The fourth-order valence-corrected chi connectivity index (χ4v) is 2.01. The van der Waals surface area contributed by atoms with Crippen LogP contribution in [0.15, 0.2) is 18.2 Å². The maximum Gasteiger partial charge on any atom is 0.126 e. The maximum atomic E-state index is 13.1. The Balaban J connectivity index is 2.77. The molecule has 3 N–H and O–H groups in total. The van der Waals surface area contributed by atoms with Crippen LogP contribution in [0.5, 0.6) is 0 Å². The minimum atomic E-state index is -0.578. The van der Waals surface area contributed by atoms with Crippen LogP contribution in [0.1, 0.15) is 25.8 Å². The van der Waals surface area contributed by atoms with Crippen molar-refractivity contribution in [3.05, 3.63) is 35.4 Å². The highest BCUT2D eigenvalue weighted by Crippen LogP contribution is 2.14. The first kappa shape index (κ1) is 15.0. The standard InChI is InChI=1S/C13H20F2N2O/c1-3-13(18-4-2)12(17-16)7-9-5-10(14)8-11(15)6-9/h5-6,8,12-13,17H,3-4,7,16H2,1-2H3. The fourth-order valence-electron chi connectivity index (χ4n) is 2.01. The average Bonchev–Trinajstić information content (AvgIpc) is 2.32. The van der Waals surface area contributed by atoms with Crippen LogP contribution in [0.4, 0.5) is 8.78 Å². The molecule has 0 aliphatic heterocycles. The molecule has 0 aromatic heterocycles. The molecule has 2 unspecified atom stereocenters. The van der Waals surface area contributed by atoms with Gasteiger partial charge < -0.3 is 4.74 Å². The number of nitrogens with one attached hydrogen (secondary N) is 1. The van der Waals surface area contributed by atoms with Gasteiger partial charge in [-0.2, -0.15) is 0 Å². The number of ether oxygens (including phenoxy) is 1. The fraction of sp³-hybridized carbons (Fsp3) is 0.538. The number of benzene rings is 1. The van der Waals surface area contributed by atoms with Gasteiger partial charge in [0.1, 0.15) is 11.6 Å². The highest BCUT2D eigenvalue weighted by molar-refractivity contribution is 5.19. The van der Waals surface area contributed by atoms with Crippen LogP contribution in [0, 0.1) is 11.6 Å². The summed E-state index contributed by atoms with van der Waals surface area (Å²) in [4.78, 5) is 0. The van der Waals surface area contributed by atoms with Gasteiger partial charge in [0.15, 0.2) is 0 Å². The van der Waals surface area contributed by atoms with E-state index in [4.69, 9.17) is 10.6 Å². The number of hydrogen-bond acceptors (Lipinski definition) is 3. The molecule has 1 rings (SSSR count). The van der Waals surface area contributed by atoms with Crippen LogP contribution in [0.25, 0.3) is 0 Å². The summed E-state index contributed by atoms with van der Waals surface area (Å²) in [5.74, 6) is 4.33. The smallest absolute Gasteiger partial charge is 0.126 e. The minimum absolute atomic E-state index is 0.0775. The Morgan fingerprint density at radius 3 is 2.28 bits per heavy atom. The lowest BCUT2D eigenvalue weighted by Crippen LogP contribution is -2.46. The maximum absolute atomic E-state index is 13.1. The van der Waals surface area contributed by atoms with Crippen molar-refractivity contribution in [2.45, 2.75) is 38.8 Å². The third-order valence-electron chi connectivity index (χ3n) is 2.82. The zero-order valence-electron chi connectivity index (χ0n) is 10.7. The van der Waals surface area contributed by atoms with Gasteiger partial charge in [0.25, 0.3) is 0 Å². The largest absolute Gasteiger partial charge is 0.377 e. The Bertz CT molecular complexity index is 354. The molecule has 1 aromatic rings. The summed E-state index contributed by atoms with van der Waals surface area (Å²) in [7, 11) is 0. The van der Waals surface area contributed by atoms with E-state index in [1.54, 1.807) is 0 Å². The third-order valence-corrected chi connectivity index (χ3v) is 2.82. The van der Waals surface area contributed by atoms with E-state index in [-0.39, 0.29) is 12.1 Å². The molecule has 0 radical (unpaired) electrons. The summed E-state index contributed by atoms with van der Waals surface area (Å²) < 4.78 is 31.7. The van der Waals surface area contributed by atoms with Gasteiger partial charge in [-0.3, -0.25) is 11.3 Å². The van der Waals surface area contributed by atoms with Crippen LogP contribution < -0.4 is 11.3 Å². The summed E-state index contributed by atoms with van der Waals surface area (Å²) in [6.07, 6.45) is 1.12. The molecule has 0 bridgehead atoms. The first-order valence-electron chi connectivity index (χ1n) is 6.13. The van der Waals surface area contributed by atoms with E-state index in [2.05, 4.69) is 5.43 Å². The Labute approximate surface area is 106 Å². The number of nitrogens with two attached hydrogens (primary N) is 1. The van der Waals surface area contributed by atoms with Crippen LogP contribution in [0.3, 0.4) is 0 Å². The summed E-state index contributed by atoms with van der Waals surface area (Å²) in [5.41, 5.74) is 3.22. The van der Waals surface area contributed by atoms with Crippen LogP contribution >= 0.6 is 0 Å². The summed E-state index contributed by atoms with van der Waals surface area (Å²) in [5, 5.41) is 0. The Morgan fingerprint density at radius 1 is 1.22 bits per heavy atom. The Hall–Kier alpha value is -1.04. The van der Waals surface area contributed by atoms with Crippen molar-refractivity contribution in [1.82, 2.24) is 5.43 Å². The van der Waals surface area contributed by atoms with Crippen LogP contribution in [0.2, 0.25) is 0 Å². The second kappa shape index (κ2) is 7.41. The monoisotopic (exact) mass is 258 g/mol. The van der Waals surface area contributed by atoms with Gasteiger partial charge in [-0.25, -0.2) is 8.78 Å². The predicted octanol–water partition coefficient (Wildman–Crippen LogP) is 2.15. The molecule has 0 aliphatic carbocycles. The average molecular weight is 258 g/mol. The first-order chi connectivity index (χ1) is 8.60. The zero-order chi connectivity index (χ0) is 13.5. The van der Waals surface area contributed by atoms with Crippen molar-refractivity contribution in [2.24, 2.45) is 5.84 Å². The molecule has 1 aromatic carbocycles. The van der Waals surface area contributed by atoms with Crippen molar-refractivity contribution in [2.75, 3.05) is 6.61 Å². The number of rotatable bonds is 7. The van der Waals surface area contributed by atoms with Crippen molar-refractivity contribution in [3.8, 4) is 0 Å². The first-order valence-corrected chi connectivity index (χ1v) is 6.13. The van der Waals surface area contributed by atoms with E-state index in [1.807, 2.05) is 13.8 Å². The SMILES string of the molecule is CCOC(CC)C(Cc1cc(F)cc(F)c1)NN. The third kappa shape index (κ3) is 4.33. The predicted molar refractivity (Wildman–Crippen MR) is 66.9 cm³/mol. The lowest BCUT2D eigenvalue weighted by atomic mass is 10.00. The Morgan fingerprint density at radius 2 is 1.83 bits per heavy atom. The van der Waals surface area contributed by atoms with Crippen LogP contribution in [-0.2, 0) is 11.2 Å². The topological polar surface area (TPSA) is 47.3 Å². The molecule has 0 spiro atoms. The van der Waals surface area contributed by atoms with Gasteiger partial charge in [0.2, 0.25) is 0 Å². The minimum Gasteiger partial charge on any atom is -0.377 e. The van der Waals surface area contributed by atoms with E-state index < -0.39 is 11.6 Å². The highest BCUT2D eigenvalue weighted by Gasteiger charge is 2.20. The van der Waals surface area contributed by atoms with Crippen molar-refractivity contribution in [3.63, 3.8) is 0 Å². The molecule has 3 nitrogen and oxygen atoms in total. The number of halogens is 2. The normalized spacial score (nSPS) is 14.5. The van der Waals surface area contributed by atoms with E-state index in [0.29, 0.717) is 18.6 Å². The van der Waals surface area contributed by atoms with Crippen LogP contribution in [-0.4, -0.2) is 18.8 Å². The highest BCUT2D eigenvalue weighted by atomic mass is 19.1. The summed E-state index contributed by atoms with van der Waals surface area (Å²) in [6, 6.07) is 3.31. The Kier molecular flexibility index (Phi) is 6.18. The van der Waals surface area contributed by atoms with E-state index in [1.165, 1.54) is 12.1 Å². The van der Waals surface area contributed by atoms with Gasteiger partial charge in [0.05, 0.1) is 12.1 Å². The molecule has 0 saturated carbocycles.